The predicted molar refractivity (Wildman–Crippen MR) is 390 cm³/mol. The van der Waals surface area contributed by atoms with Crippen LogP contribution in [-0.4, -0.2) is 147 Å². The van der Waals surface area contributed by atoms with E-state index in [1.807, 2.05) is 108 Å². The third kappa shape index (κ3) is 17.2. The maximum absolute atomic E-state index is 11.7. The maximum atomic E-state index is 11.7. The van der Waals surface area contributed by atoms with Gasteiger partial charge in [0.05, 0.1) is 90.4 Å². The summed E-state index contributed by atoms with van der Waals surface area (Å²) in [5.41, 5.74) is 11.9. The zero-order valence-electron chi connectivity index (χ0n) is 56.1. The van der Waals surface area contributed by atoms with Gasteiger partial charge >= 0.3 is 0 Å². The molecule has 98 heavy (non-hydrogen) atoms. The molecule has 0 bridgehead atoms. The molecule has 0 spiro atoms. The van der Waals surface area contributed by atoms with Gasteiger partial charge in [0, 0.05) is 156 Å². The number of ketones is 2. The number of Topliss-reactive ketones (excluding diaryl/α,β-unsaturated/α-hetero) is 2. The fraction of sp³-hybridized carbons (Fsp3) is 0.397. The van der Waals surface area contributed by atoms with Crippen molar-refractivity contribution in [3.8, 4) is 67.3 Å². The van der Waals surface area contributed by atoms with E-state index in [2.05, 4.69) is 54.1 Å². The minimum atomic E-state index is 0.107. The Hall–Kier alpha value is -8.28. The Balaban J connectivity index is 0.000000199. The number of nitrogens with one attached hydrogen (secondary N) is 7. The molecule has 7 N–H and O–H groups in total. The van der Waals surface area contributed by atoms with Gasteiger partial charge in [-0.2, -0.15) is 0 Å². The quantitative estimate of drug-likeness (QED) is 0.0266. The van der Waals surface area contributed by atoms with Gasteiger partial charge in [-0.15, -0.1) is 0 Å². The highest BCUT2D eigenvalue weighted by Crippen LogP contribution is 2.44. The molecular formula is C73H83Cl4N17O4. The Morgan fingerprint density at radius 3 is 1.21 bits per heavy atom. The van der Waals surface area contributed by atoms with Crippen LogP contribution in [0.5, 0.6) is 0 Å². The third-order valence-corrected chi connectivity index (χ3v) is 20.1. The first kappa shape index (κ1) is 71.0. The molecule has 0 radical (unpaired) electrons. The molecule has 4 atom stereocenters. The van der Waals surface area contributed by atoms with Crippen molar-refractivity contribution in [2.24, 2.45) is 11.8 Å². The molecule has 2 aliphatic heterocycles. The smallest absolute Gasteiger partial charge is 0.220 e. The van der Waals surface area contributed by atoms with E-state index in [1.165, 1.54) is 0 Å². The van der Waals surface area contributed by atoms with Crippen molar-refractivity contribution < 1.29 is 19.2 Å². The monoisotopic (exact) mass is 1400 g/mol. The largest absolute Gasteiger partial charge is 0.372 e. The lowest BCUT2D eigenvalue weighted by molar-refractivity contribution is -0.120. The summed E-state index contributed by atoms with van der Waals surface area (Å²) in [4.78, 5) is 89.4. The molecule has 512 valence electrons. The zero-order chi connectivity index (χ0) is 69.0. The highest BCUT2D eigenvalue weighted by molar-refractivity contribution is 6.40. The van der Waals surface area contributed by atoms with Gasteiger partial charge in [-0.05, 0) is 77.4 Å². The van der Waals surface area contributed by atoms with Crippen LogP contribution in [0.15, 0.2) is 97.6 Å². The summed E-state index contributed by atoms with van der Waals surface area (Å²) < 4.78 is 0. The number of benzene rings is 4. The first-order valence-corrected chi connectivity index (χ1v) is 35.0. The number of rotatable bonds is 26. The highest BCUT2D eigenvalue weighted by atomic mass is 35.5. The number of carbonyl (C=O) groups is 4. The van der Waals surface area contributed by atoms with E-state index in [9.17, 15) is 19.2 Å². The van der Waals surface area contributed by atoms with Gasteiger partial charge in [-0.3, -0.25) is 44.0 Å². The van der Waals surface area contributed by atoms with Gasteiger partial charge in [0.15, 0.2) is 0 Å². The summed E-state index contributed by atoms with van der Waals surface area (Å²) >= 11 is 28.4. The lowest BCUT2D eigenvalue weighted by Gasteiger charge is -2.21. The molecule has 21 nitrogen and oxygen atoms in total. The number of nitrogens with zero attached hydrogens (tertiary/aromatic N) is 10. The Bertz CT molecular complexity index is 3970. The number of hydrogen-bond acceptors (Lipinski definition) is 19. The summed E-state index contributed by atoms with van der Waals surface area (Å²) in [5, 5.41) is 24.3. The van der Waals surface area contributed by atoms with Gasteiger partial charge in [0.1, 0.15) is 34.8 Å². The van der Waals surface area contributed by atoms with Crippen molar-refractivity contribution in [1.82, 2.24) is 65.6 Å². The number of halogens is 4. The first-order valence-electron chi connectivity index (χ1n) is 33.5. The molecule has 4 aromatic carbocycles. The Morgan fingerprint density at radius 1 is 0.449 bits per heavy atom. The van der Waals surface area contributed by atoms with Crippen LogP contribution in [0.2, 0.25) is 20.1 Å². The summed E-state index contributed by atoms with van der Waals surface area (Å²) in [6.07, 6.45) is 17.1. The van der Waals surface area contributed by atoms with Crippen LogP contribution in [-0.2, 0) is 45.2 Å². The van der Waals surface area contributed by atoms with Crippen LogP contribution in [0.25, 0.3) is 67.3 Å². The maximum Gasteiger partial charge on any atom is 0.220 e. The zero-order valence-corrected chi connectivity index (χ0v) is 59.1. The van der Waals surface area contributed by atoms with E-state index in [0.29, 0.717) is 148 Å². The molecule has 2 saturated heterocycles. The molecule has 2 aliphatic carbocycles. The standard InChI is InChI=1S/C37H43Cl2N9O2.C36H40Cl2N8O2/c1-40-36-31(20-47(3)18-22-11-13-24(49)15-22)42-16-29(45-36)27-9-5-7-25(34(27)38)26-8-6-10-28(35(26)39)30-17-43-32(37(41-2)46-30)21-48(4)19-23-12-14-33(50)44-23;1-39-35-28(11-3-6-22-13-15-32(48)44-22)42-19-29(45-35)26-9-4-7-24(33(26)37)25-8-5-10-27(34(25)38)30-20-43-31(36(40-2)46-30)18-41-17-21-12-14-23(47)16-21/h5-10,16-17,22-23H,11-15,18-21H2,1-4H3,(H,40,45)(H,41,46)(H,44,50);4-5,7-10,19-22,41H,3,6,11-18H2,1-2H3,(H,39,45)(H,40,46)(H,44,48)/t22-,23+;21-,22-/m11/s1. The third-order valence-electron chi connectivity index (χ3n) is 18.5. The second-order valence-corrected chi connectivity index (χ2v) is 27.2. The fourth-order valence-corrected chi connectivity index (χ4v) is 14.8. The van der Waals surface area contributed by atoms with E-state index in [-0.39, 0.29) is 23.9 Å². The molecule has 8 aromatic rings. The molecule has 25 heteroatoms. The Kier molecular flexibility index (Phi) is 24.0. The summed E-state index contributed by atoms with van der Waals surface area (Å²) in [5.74, 6) is 4.43. The van der Waals surface area contributed by atoms with E-state index < -0.39 is 0 Å². The lowest BCUT2D eigenvalue weighted by Crippen LogP contribution is -2.36. The normalized spacial score (nSPS) is 17.5. The molecule has 6 heterocycles. The molecule has 2 amide bonds. The van der Waals surface area contributed by atoms with Crippen LogP contribution < -0.4 is 37.2 Å². The average Bonchev–Trinajstić information content (AvgIpc) is 1.01. The van der Waals surface area contributed by atoms with Crippen molar-refractivity contribution in [2.75, 3.05) is 83.2 Å². The predicted octanol–water partition coefficient (Wildman–Crippen LogP) is 12.9. The van der Waals surface area contributed by atoms with Crippen molar-refractivity contribution in [3.63, 3.8) is 0 Å². The van der Waals surface area contributed by atoms with Crippen LogP contribution in [0, 0.1) is 11.8 Å². The Morgan fingerprint density at radius 2 is 0.816 bits per heavy atom. The fourth-order valence-electron chi connectivity index (χ4n) is 13.5. The van der Waals surface area contributed by atoms with Crippen LogP contribution in [0.3, 0.4) is 0 Å². The molecule has 12 rings (SSSR count). The van der Waals surface area contributed by atoms with Crippen LogP contribution in [0.1, 0.15) is 99.8 Å². The summed E-state index contributed by atoms with van der Waals surface area (Å²) in [7, 11) is 11.4. The average molecular weight is 1400 g/mol. The topological polar surface area (TPSA) is 262 Å². The number of carbonyl (C=O) groups excluding carboxylic acids is 4. The number of aryl methyl sites for hydroxylation is 1. The number of hydrogen-bond donors (Lipinski definition) is 7. The molecular weight excluding hydrogens is 1320 g/mol. The van der Waals surface area contributed by atoms with Crippen LogP contribution >= 0.6 is 46.4 Å². The van der Waals surface area contributed by atoms with Gasteiger partial charge in [-0.1, -0.05) is 119 Å². The molecule has 4 aromatic heterocycles. The molecule has 4 aliphatic rings. The van der Waals surface area contributed by atoms with Crippen molar-refractivity contribution in [1.29, 1.82) is 0 Å². The van der Waals surface area contributed by atoms with E-state index >= 15 is 0 Å². The first-order chi connectivity index (χ1) is 47.5. The number of likely N-dealkylation sites (N-methyl/N-ethyl adjacent to an activating group) is 1. The molecule has 4 fully saturated rings. The van der Waals surface area contributed by atoms with Crippen LogP contribution in [0.4, 0.5) is 23.3 Å². The van der Waals surface area contributed by atoms with E-state index in [0.717, 1.165) is 132 Å². The van der Waals surface area contributed by atoms with Crippen molar-refractivity contribution in [2.45, 2.75) is 115 Å². The van der Waals surface area contributed by atoms with Gasteiger partial charge in [0.25, 0.3) is 0 Å². The lowest BCUT2D eigenvalue weighted by atomic mass is 9.98. The van der Waals surface area contributed by atoms with E-state index in [4.69, 9.17) is 86.3 Å². The molecule has 2 saturated carbocycles. The van der Waals surface area contributed by atoms with Crippen molar-refractivity contribution in [3.05, 3.63) is 140 Å². The van der Waals surface area contributed by atoms with Crippen molar-refractivity contribution >= 4 is 93.1 Å². The Labute approximate surface area is 592 Å². The van der Waals surface area contributed by atoms with E-state index in [1.54, 1.807) is 24.8 Å². The van der Waals surface area contributed by atoms with Gasteiger partial charge in [0.2, 0.25) is 11.8 Å². The SMILES string of the molecule is CNc1nc(-c2cccc(-c3cccc(-c4cnc(CN(C)C[C@@H]5CCC(=O)N5)c(NC)n4)c3Cl)c2Cl)cnc1CN(C)C[C@@H]1CCC(=O)C1.CNc1nc(-c2cccc(-c3cccc(-c4cnc(CNC[C@@H]5CCC(=O)C5)c(NC)n4)c3Cl)c2Cl)cnc1CCC[C@@H]1CCC(=O)N1. The van der Waals surface area contributed by atoms with Gasteiger partial charge in [-0.25, -0.2) is 19.9 Å². The number of aromatic nitrogens is 8. The number of anilines is 4. The molecule has 0 unspecified atom stereocenters. The minimum absolute atomic E-state index is 0.107. The second-order valence-electron chi connectivity index (χ2n) is 25.7. The minimum Gasteiger partial charge on any atom is -0.372 e. The van der Waals surface area contributed by atoms with Gasteiger partial charge < -0.3 is 42.1 Å². The highest BCUT2D eigenvalue weighted by Gasteiger charge is 2.28. The second kappa shape index (κ2) is 33.1. The summed E-state index contributed by atoms with van der Waals surface area (Å²) in [6.45, 7) is 4.09. The summed E-state index contributed by atoms with van der Waals surface area (Å²) in [6, 6.07) is 23.6. The number of amides is 2.